The summed E-state index contributed by atoms with van der Waals surface area (Å²) in [5.41, 5.74) is 2.71. The Kier molecular flexibility index (Phi) is 4.61. The molecule has 1 aliphatic rings. The molecule has 3 heteroatoms. The van der Waals surface area contributed by atoms with Crippen molar-refractivity contribution >= 4 is 5.69 Å². The van der Waals surface area contributed by atoms with Crippen LogP contribution in [0, 0.1) is 0 Å². The highest BCUT2D eigenvalue weighted by atomic mass is 16.5. The molecule has 2 rings (SSSR count). The number of nitrogens with one attached hydrogen (secondary N) is 1. The summed E-state index contributed by atoms with van der Waals surface area (Å²) in [6.07, 6.45) is 0. The number of hydrogen-bond donors (Lipinski definition) is 1. The van der Waals surface area contributed by atoms with Crippen LogP contribution in [0.15, 0.2) is 24.3 Å². The number of rotatable bonds is 4. The Labute approximate surface area is 110 Å². The van der Waals surface area contributed by atoms with Crippen LogP contribution in [0.5, 0.6) is 0 Å². The van der Waals surface area contributed by atoms with Gasteiger partial charge in [-0.3, -0.25) is 0 Å². The van der Waals surface area contributed by atoms with Crippen molar-refractivity contribution in [1.82, 2.24) is 5.32 Å². The molecule has 1 N–H and O–H groups in total. The molecule has 0 spiro atoms. The summed E-state index contributed by atoms with van der Waals surface area (Å²) in [7, 11) is 1.99. The summed E-state index contributed by atoms with van der Waals surface area (Å²) >= 11 is 0. The van der Waals surface area contributed by atoms with E-state index in [1.165, 1.54) is 11.3 Å². The van der Waals surface area contributed by atoms with Crippen LogP contribution in [0.2, 0.25) is 0 Å². The molecule has 0 saturated carbocycles. The second kappa shape index (κ2) is 6.21. The molecular formula is C15H24N2O. The van der Waals surface area contributed by atoms with Crippen molar-refractivity contribution in [3.05, 3.63) is 29.8 Å². The minimum Gasteiger partial charge on any atom is -0.377 e. The van der Waals surface area contributed by atoms with Crippen LogP contribution in [0.1, 0.15) is 25.3 Å². The van der Waals surface area contributed by atoms with Gasteiger partial charge in [0.1, 0.15) is 0 Å². The summed E-state index contributed by atoms with van der Waals surface area (Å²) in [5.74, 6) is 0.594. The van der Waals surface area contributed by atoms with Gasteiger partial charge in [0.2, 0.25) is 0 Å². The number of benzene rings is 1. The van der Waals surface area contributed by atoms with Gasteiger partial charge in [-0.2, -0.15) is 0 Å². The maximum absolute atomic E-state index is 5.57. The predicted molar refractivity (Wildman–Crippen MR) is 76.4 cm³/mol. The fraction of sp³-hybridized carbons (Fsp3) is 0.600. The van der Waals surface area contributed by atoms with E-state index in [0.717, 1.165) is 26.3 Å². The van der Waals surface area contributed by atoms with Crippen LogP contribution in [0.4, 0.5) is 5.69 Å². The van der Waals surface area contributed by atoms with Crippen LogP contribution in [-0.4, -0.2) is 39.4 Å². The minimum absolute atomic E-state index is 0.439. The van der Waals surface area contributed by atoms with Gasteiger partial charge in [0.15, 0.2) is 0 Å². The molecular weight excluding hydrogens is 224 g/mol. The third-order valence-corrected chi connectivity index (χ3v) is 3.56. The summed E-state index contributed by atoms with van der Waals surface area (Å²) < 4.78 is 5.57. The Balaban J connectivity index is 2.12. The van der Waals surface area contributed by atoms with Crippen molar-refractivity contribution < 1.29 is 4.74 Å². The summed E-state index contributed by atoms with van der Waals surface area (Å²) in [4.78, 5) is 2.45. The zero-order valence-corrected chi connectivity index (χ0v) is 11.6. The van der Waals surface area contributed by atoms with Gasteiger partial charge < -0.3 is 15.0 Å². The van der Waals surface area contributed by atoms with E-state index in [9.17, 15) is 0 Å². The van der Waals surface area contributed by atoms with E-state index in [1.807, 2.05) is 7.05 Å². The molecule has 1 atom stereocenters. The molecule has 1 unspecified atom stereocenters. The third kappa shape index (κ3) is 3.03. The lowest BCUT2D eigenvalue weighted by molar-refractivity contribution is 0.0943. The van der Waals surface area contributed by atoms with Gasteiger partial charge in [-0.1, -0.05) is 26.0 Å². The van der Waals surface area contributed by atoms with Crippen molar-refractivity contribution in [3.63, 3.8) is 0 Å². The zero-order valence-electron chi connectivity index (χ0n) is 11.6. The Bertz CT molecular complexity index is 359. The number of anilines is 1. The lowest BCUT2D eigenvalue weighted by Crippen LogP contribution is -2.50. The summed E-state index contributed by atoms with van der Waals surface area (Å²) in [5, 5.41) is 3.25. The van der Waals surface area contributed by atoms with Crippen molar-refractivity contribution in [1.29, 1.82) is 0 Å². The van der Waals surface area contributed by atoms with Crippen LogP contribution in [0.3, 0.4) is 0 Å². The van der Waals surface area contributed by atoms with Gasteiger partial charge in [0, 0.05) is 18.8 Å². The minimum atomic E-state index is 0.439. The molecule has 0 aromatic heterocycles. The molecule has 1 fully saturated rings. The average molecular weight is 248 g/mol. The largest absolute Gasteiger partial charge is 0.377 e. The molecule has 0 aliphatic carbocycles. The maximum Gasteiger partial charge on any atom is 0.0683 e. The number of likely N-dealkylation sites (N-methyl/N-ethyl adjacent to an activating group) is 1. The number of ether oxygens (including phenoxy) is 1. The predicted octanol–water partition coefficient (Wildman–Crippen LogP) is 2.23. The highest BCUT2D eigenvalue weighted by Gasteiger charge is 2.22. The zero-order chi connectivity index (χ0) is 13.0. The second-order valence-corrected chi connectivity index (χ2v) is 5.23. The highest BCUT2D eigenvalue weighted by molar-refractivity contribution is 5.49. The van der Waals surface area contributed by atoms with E-state index in [1.54, 1.807) is 0 Å². The SMILES string of the molecule is CNCC1COCCN1c1ccc(C(C)C)cc1. The molecule has 1 saturated heterocycles. The van der Waals surface area contributed by atoms with Crippen LogP contribution in [0.25, 0.3) is 0 Å². The lowest BCUT2D eigenvalue weighted by atomic mass is 10.0. The molecule has 1 aliphatic heterocycles. The topological polar surface area (TPSA) is 24.5 Å². The molecule has 0 bridgehead atoms. The van der Waals surface area contributed by atoms with Crippen LogP contribution in [-0.2, 0) is 4.74 Å². The van der Waals surface area contributed by atoms with E-state index < -0.39 is 0 Å². The van der Waals surface area contributed by atoms with Crippen molar-refractivity contribution in [2.45, 2.75) is 25.8 Å². The fourth-order valence-electron chi connectivity index (χ4n) is 2.45. The average Bonchev–Trinajstić information content (AvgIpc) is 2.40. The van der Waals surface area contributed by atoms with Gasteiger partial charge in [-0.25, -0.2) is 0 Å². The van der Waals surface area contributed by atoms with Crippen LogP contribution < -0.4 is 10.2 Å². The number of nitrogens with zero attached hydrogens (tertiary/aromatic N) is 1. The van der Waals surface area contributed by atoms with Crippen molar-refractivity contribution in [3.8, 4) is 0 Å². The second-order valence-electron chi connectivity index (χ2n) is 5.23. The summed E-state index contributed by atoms with van der Waals surface area (Å²) in [6.45, 7) is 8.04. The van der Waals surface area contributed by atoms with Gasteiger partial charge >= 0.3 is 0 Å². The van der Waals surface area contributed by atoms with Crippen molar-refractivity contribution in [2.24, 2.45) is 0 Å². The fourth-order valence-corrected chi connectivity index (χ4v) is 2.45. The number of morpholine rings is 1. The molecule has 0 radical (unpaired) electrons. The van der Waals surface area contributed by atoms with E-state index in [0.29, 0.717) is 12.0 Å². The first-order chi connectivity index (χ1) is 8.72. The molecule has 0 amide bonds. The van der Waals surface area contributed by atoms with Crippen LogP contribution >= 0.6 is 0 Å². The first-order valence-electron chi connectivity index (χ1n) is 6.81. The Hall–Kier alpha value is -1.06. The molecule has 3 nitrogen and oxygen atoms in total. The van der Waals surface area contributed by atoms with Gasteiger partial charge in [0.05, 0.1) is 19.3 Å². The monoisotopic (exact) mass is 248 g/mol. The van der Waals surface area contributed by atoms with E-state index >= 15 is 0 Å². The lowest BCUT2D eigenvalue weighted by Gasteiger charge is -2.37. The molecule has 1 heterocycles. The highest BCUT2D eigenvalue weighted by Crippen LogP contribution is 2.23. The third-order valence-electron chi connectivity index (χ3n) is 3.56. The Morgan fingerprint density at radius 1 is 1.33 bits per heavy atom. The molecule has 18 heavy (non-hydrogen) atoms. The Morgan fingerprint density at radius 3 is 2.67 bits per heavy atom. The first kappa shape index (κ1) is 13.4. The molecule has 1 aromatic rings. The van der Waals surface area contributed by atoms with Gasteiger partial charge in [-0.15, -0.1) is 0 Å². The van der Waals surface area contributed by atoms with Gasteiger partial charge in [0.25, 0.3) is 0 Å². The molecule has 100 valence electrons. The smallest absolute Gasteiger partial charge is 0.0683 e. The summed E-state index contributed by atoms with van der Waals surface area (Å²) in [6, 6.07) is 9.40. The first-order valence-corrected chi connectivity index (χ1v) is 6.81. The van der Waals surface area contributed by atoms with Crippen molar-refractivity contribution in [2.75, 3.05) is 38.3 Å². The maximum atomic E-state index is 5.57. The van der Waals surface area contributed by atoms with E-state index in [2.05, 4.69) is 48.3 Å². The standard InChI is InChI=1S/C15H24N2O/c1-12(2)13-4-6-14(7-5-13)17-8-9-18-11-15(17)10-16-3/h4-7,12,15-16H,8-11H2,1-3H3. The normalized spacial score (nSPS) is 20.4. The number of hydrogen-bond acceptors (Lipinski definition) is 3. The van der Waals surface area contributed by atoms with E-state index in [4.69, 9.17) is 4.74 Å². The molecule has 1 aromatic carbocycles. The van der Waals surface area contributed by atoms with Gasteiger partial charge in [-0.05, 0) is 30.7 Å². The Morgan fingerprint density at radius 2 is 2.06 bits per heavy atom. The van der Waals surface area contributed by atoms with E-state index in [-0.39, 0.29) is 0 Å². The quantitative estimate of drug-likeness (QED) is 0.884.